The summed E-state index contributed by atoms with van der Waals surface area (Å²) in [6.45, 7) is 15.0. The number of aliphatic hydroxyl groups excluding tert-OH is 1. The lowest BCUT2D eigenvalue weighted by molar-refractivity contribution is -0.527. The minimum absolute atomic E-state index is 0.0459. The number of nitrogens with zero attached hydrogens (tertiary/aromatic N) is 3. The number of phenols is 1. The number of carbonyl (C=O) groups excluding carboxylic acids is 1. The van der Waals surface area contributed by atoms with Crippen molar-refractivity contribution >= 4 is 39.7 Å². The molecule has 0 aromatic heterocycles. The monoisotopic (exact) mass is 777 g/mol. The molecule has 1 aliphatic carbocycles. The molecule has 1 aliphatic heterocycles. The highest BCUT2D eigenvalue weighted by molar-refractivity contribution is 8.18. The number of carbonyl (C=O) groups is 1. The molecule has 1 aromatic carbocycles. The average molecular weight is 777 g/mol. The maximum Gasteiger partial charge on any atom is 0.359 e. The summed E-state index contributed by atoms with van der Waals surface area (Å²) in [5, 5.41) is 23.4. The molecular formula is C48H78N3O3S+. The zero-order chi connectivity index (χ0) is 39.7. The number of thioether (sulfide) groups is 1. The standard InChI is InChI=1S/C48H77N3O3S/c1-6-10-14-18-22-26-34-50(35-27-23-19-15-11-7-2)40-30-31-41(43(52)38-40)45-46(53)42(47(45)54)32-33-44-39(5)49-48(55-44)51(36-28-24-20-16-12-8-3)37-29-25-21-17-13-9-4/h30-33,38H,6-29,34-37H2,1-5H3,(H,53,54)/p+1. The smallest absolute Gasteiger partial charge is 0.359 e. The molecular weight excluding hydrogens is 699 g/mol. The maximum atomic E-state index is 13.4. The van der Waals surface area contributed by atoms with Gasteiger partial charge in [-0.05, 0) is 67.8 Å². The van der Waals surface area contributed by atoms with Crippen LogP contribution in [0.1, 0.15) is 194 Å². The van der Waals surface area contributed by atoms with Gasteiger partial charge in [-0.3, -0.25) is 9.37 Å². The molecule has 3 rings (SSSR count). The van der Waals surface area contributed by atoms with E-state index in [0.717, 1.165) is 60.5 Å². The molecule has 0 unspecified atom stereocenters. The second-order valence-electron chi connectivity index (χ2n) is 16.0. The molecule has 0 radical (unpaired) electrons. The predicted octanol–water partition coefficient (Wildman–Crippen LogP) is 13.9. The lowest BCUT2D eigenvalue weighted by Crippen LogP contribution is -2.26. The van der Waals surface area contributed by atoms with Crippen LogP contribution in [0.25, 0.3) is 5.57 Å². The molecule has 55 heavy (non-hydrogen) atoms. The molecule has 2 aliphatic rings. The first-order chi connectivity index (χ1) is 26.9. The van der Waals surface area contributed by atoms with E-state index in [0.29, 0.717) is 5.56 Å². The summed E-state index contributed by atoms with van der Waals surface area (Å²) in [5.41, 5.74) is 2.82. The van der Waals surface area contributed by atoms with Gasteiger partial charge >= 0.3 is 5.17 Å². The van der Waals surface area contributed by atoms with E-state index in [-0.39, 0.29) is 28.4 Å². The average Bonchev–Trinajstić information content (AvgIpc) is 3.55. The van der Waals surface area contributed by atoms with E-state index in [9.17, 15) is 15.0 Å². The number of aliphatic imine (C=N–C) groups is 1. The van der Waals surface area contributed by atoms with Gasteiger partial charge in [0.25, 0.3) is 0 Å². The fourth-order valence-corrected chi connectivity index (χ4v) is 8.62. The first kappa shape index (κ1) is 46.6. The number of hydrogen-bond donors (Lipinski definition) is 2. The van der Waals surface area contributed by atoms with Gasteiger partial charge in [-0.1, -0.05) is 143 Å². The number of aliphatic hydroxyl groups is 1. The van der Waals surface area contributed by atoms with Crippen LogP contribution in [0.3, 0.4) is 0 Å². The van der Waals surface area contributed by atoms with Gasteiger partial charge in [0.05, 0.1) is 29.1 Å². The Kier molecular flexibility index (Phi) is 23.5. The number of benzene rings is 1. The summed E-state index contributed by atoms with van der Waals surface area (Å²) in [6.07, 6.45) is 33.9. The third-order valence-electron chi connectivity index (χ3n) is 11.2. The van der Waals surface area contributed by atoms with Crippen LogP contribution in [0, 0.1) is 0 Å². The SMILES string of the molecule is CCCCCCCCN(CCCCCCCC)c1ccc(C2=C(O)C(=CC=C3SC(=[N+](CCCCCCCC)CCCCCCCC)N=C3C)C2=O)c(O)c1. The van der Waals surface area contributed by atoms with Gasteiger partial charge in [0.15, 0.2) is 5.71 Å². The summed E-state index contributed by atoms with van der Waals surface area (Å²) in [5.74, 6) is -0.233. The highest BCUT2D eigenvalue weighted by Gasteiger charge is 2.36. The molecule has 0 saturated heterocycles. The van der Waals surface area contributed by atoms with Crippen LogP contribution in [0.15, 0.2) is 51.6 Å². The molecule has 0 amide bonds. The highest BCUT2D eigenvalue weighted by Crippen LogP contribution is 2.41. The van der Waals surface area contributed by atoms with Crippen molar-refractivity contribution in [3.8, 4) is 5.75 Å². The predicted molar refractivity (Wildman–Crippen MR) is 240 cm³/mol. The molecule has 0 spiro atoms. The van der Waals surface area contributed by atoms with Crippen LogP contribution in [0.2, 0.25) is 0 Å². The molecule has 0 atom stereocenters. The minimum Gasteiger partial charge on any atom is -0.507 e. The molecule has 1 aromatic rings. The fraction of sp³-hybridized carbons (Fsp3) is 0.688. The zero-order valence-corrected chi connectivity index (χ0v) is 36.6. The quantitative estimate of drug-likeness (QED) is 0.0446. The number of aromatic hydroxyl groups is 1. The van der Waals surface area contributed by atoms with Crippen molar-refractivity contribution in [1.82, 2.24) is 0 Å². The van der Waals surface area contributed by atoms with Crippen LogP contribution >= 0.6 is 11.8 Å². The van der Waals surface area contributed by atoms with Crippen molar-refractivity contribution in [3.05, 3.63) is 52.2 Å². The molecule has 2 N–H and O–H groups in total. The number of anilines is 1. The van der Waals surface area contributed by atoms with Crippen LogP contribution in [-0.4, -0.2) is 57.6 Å². The Hall–Kier alpha value is -2.80. The molecule has 0 bridgehead atoms. The third-order valence-corrected chi connectivity index (χ3v) is 12.4. The number of amidine groups is 1. The van der Waals surface area contributed by atoms with Gasteiger partial charge < -0.3 is 15.1 Å². The van der Waals surface area contributed by atoms with E-state index >= 15 is 0 Å². The third kappa shape index (κ3) is 16.3. The van der Waals surface area contributed by atoms with Crippen molar-refractivity contribution in [2.24, 2.45) is 4.99 Å². The highest BCUT2D eigenvalue weighted by atomic mass is 32.2. The number of unbranched alkanes of at least 4 members (excludes halogenated alkanes) is 20. The van der Waals surface area contributed by atoms with Gasteiger partial charge in [-0.2, -0.15) is 0 Å². The Morgan fingerprint density at radius 1 is 0.655 bits per heavy atom. The molecule has 1 heterocycles. The number of phenolic OH excluding ortho intramolecular Hbond substituents is 1. The van der Waals surface area contributed by atoms with Gasteiger partial charge in [-0.25, -0.2) is 0 Å². The summed E-state index contributed by atoms with van der Waals surface area (Å²) in [4.78, 5) is 21.8. The second kappa shape index (κ2) is 27.7. The van der Waals surface area contributed by atoms with Crippen LogP contribution in [0.4, 0.5) is 5.69 Å². The summed E-state index contributed by atoms with van der Waals surface area (Å²) in [6, 6.07) is 5.61. The van der Waals surface area contributed by atoms with E-state index < -0.39 is 0 Å². The van der Waals surface area contributed by atoms with Crippen molar-refractivity contribution in [2.45, 2.75) is 189 Å². The van der Waals surface area contributed by atoms with Crippen LogP contribution < -0.4 is 4.90 Å². The number of Topliss-reactive ketones (excluding diaryl/α,β-unsaturated/α-hetero) is 1. The molecule has 0 fully saturated rings. The van der Waals surface area contributed by atoms with Crippen LogP contribution in [0.5, 0.6) is 5.75 Å². The number of ketones is 1. The Morgan fingerprint density at radius 3 is 1.60 bits per heavy atom. The van der Waals surface area contributed by atoms with E-state index in [4.69, 9.17) is 4.99 Å². The molecule has 0 saturated carbocycles. The van der Waals surface area contributed by atoms with Crippen molar-refractivity contribution in [3.63, 3.8) is 0 Å². The lowest BCUT2D eigenvalue weighted by Gasteiger charge is -2.27. The van der Waals surface area contributed by atoms with Crippen molar-refractivity contribution < 1.29 is 19.6 Å². The number of hydrogen-bond acceptors (Lipinski definition) is 5. The Bertz CT molecular complexity index is 1420. The zero-order valence-electron chi connectivity index (χ0n) is 35.7. The maximum absolute atomic E-state index is 13.4. The van der Waals surface area contributed by atoms with Crippen LogP contribution in [-0.2, 0) is 4.79 Å². The van der Waals surface area contributed by atoms with Gasteiger partial charge in [0.1, 0.15) is 11.5 Å². The van der Waals surface area contributed by atoms with E-state index in [2.05, 4.69) is 37.2 Å². The normalized spacial score (nSPS) is 15.8. The largest absolute Gasteiger partial charge is 0.507 e. The lowest BCUT2D eigenvalue weighted by atomic mass is 9.82. The molecule has 6 nitrogen and oxygen atoms in total. The molecule has 7 heteroatoms. The van der Waals surface area contributed by atoms with Gasteiger partial charge in [0.2, 0.25) is 5.78 Å². The Labute approximate surface area is 340 Å². The number of allylic oxidation sites excluding steroid dienone is 5. The summed E-state index contributed by atoms with van der Waals surface area (Å²) in [7, 11) is 0. The van der Waals surface area contributed by atoms with Gasteiger partial charge in [-0.15, -0.1) is 0 Å². The first-order valence-corrected chi connectivity index (χ1v) is 23.5. The van der Waals surface area contributed by atoms with Crippen molar-refractivity contribution in [1.29, 1.82) is 0 Å². The minimum atomic E-state index is -0.233. The first-order valence-electron chi connectivity index (χ1n) is 22.7. The summed E-state index contributed by atoms with van der Waals surface area (Å²) >= 11 is 1.68. The Morgan fingerprint density at radius 2 is 1.13 bits per heavy atom. The second-order valence-corrected chi connectivity index (χ2v) is 17.0. The summed E-state index contributed by atoms with van der Waals surface area (Å²) < 4.78 is 2.47. The van der Waals surface area contributed by atoms with E-state index in [1.54, 1.807) is 23.9 Å². The van der Waals surface area contributed by atoms with Gasteiger partial charge in [0, 0.05) is 49.1 Å². The number of rotatable bonds is 31. The van der Waals surface area contributed by atoms with E-state index in [1.807, 2.05) is 25.1 Å². The topological polar surface area (TPSA) is 76.1 Å². The van der Waals surface area contributed by atoms with Crippen molar-refractivity contribution in [2.75, 3.05) is 31.1 Å². The Balaban J connectivity index is 1.70. The molecule has 308 valence electrons. The fourth-order valence-electron chi connectivity index (χ4n) is 7.60. The van der Waals surface area contributed by atoms with E-state index in [1.165, 1.54) is 141 Å².